The quantitative estimate of drug-likeness (QED) is 0.810. The molecule has 0 aliphatic carbocycles. The minimum Gasteiger partial charge on any atom is -0.318 e. The van der Waals surface area contributed by atoms with E-state index in [4.69, 9.17) is 11.6 Å². The van der Waals surface area contributed by atoms with Crippen molar-refractivity contribution in [2.24, 2.45) is 0 Å². The van der Waals surface area contributed by atoms with Gasteiger partial charge in [0.15, 0.2) is 0 Å². The van der Waals surface area contributed by atoms with Gasteiger partial charge in [-0.15, -0.1) is 0 Å². The molecule has 1 rings (SSSR count). The van der Waals surface area contributed by atoms with Gasteiger partial charge < -0.3 is 10.6 Å². The van der Waals surface area contributed by atoms with Gasteiger partial charge >= 0.3 is 0 Å². The lowest BCUT2D eigenvalue weighted by Crippen LogP contribution is -2.34. The van der Waals surface area contributed by atoms with Crippen LogP contribution >= 0.6 is 11.6 Å². The van der Waals surface area contributed by atoms with E-state index >= 15 is 0 Å². The highest BCUT2D eigenvalue weighted by Crippen LogP contribution is 2.18. The normalized spacial score (nSPS) is 12.8. The van der Waals surface area contributed by atoms with E-state index in [0.717, 1.165) is 6.54 Å². The molecule has 1 atom stereocenters. The molecule has 15 heavy (non-hydrogen) atoms. The lowest BCUT2D eigenvalue weighted by atomic mass is 10.2. The van der Waals surface area contributed by atoms with Crippen molar-refractivity contribution in [1.82, 2.24) is 10.6 Å². The number of halogens is 2. The number of likely N-dealkylation sites (N-methyl/N-ethyl adjacent to an activating group) is 1. The monoisotopic (exact) mass is 230 g/mol. The second-order valence-corrected chi connectivity index (χ2v) is 3.95. The molecule has 1 aromatic rings. The molecule has 4 heteroatoms. The van der Waals surface area contributed by atoms with Crippen molar-refractivity contribution in [2.75, 3.05) is 13.6 Å². The Hall–Kier alpha value is -0.640. The van der Waals surface area contributed by atoms with Crippen molar-refractivity contribution >= 4 is 11.6 Å². The van der Waals surface area contributed by atoms with Gasteiger partial charge in [-0.3, -0.25) is 0 Å². The maximum absolute atomic E-state index is 13.3. The van der Waals surface area contributed by atoms with E-state index in [1.165, 1.54) is 6.07 Å². The summed E-state index contributed by atoms with van der Waals surface area (Å²) in [6, 6.07) is 5.01. The fourth-order valence-corrected chi connectivity index (χ4v) is 1.59. The van der Waals surface area contributed by atoms with Gasteiger partial charge in [0, 0.05) is 29.7 Å². The fourth-order valence-electron chi connectivity index (χ4n) is 1.36. The number of rotatable bonds is 5. The molecule has 0 aromatic heterocycles. The van der Waals surface area contributed by atoms with E-state index in [1.54, 1.807) is 12.1 Å². The molecule has 2 N–H and O–H groups in total. The molecule has 0 bridgehead atoms. The van der Waals surface area contributed by atoms with Gasteiger partial charge in [-0.25, -0.2) is 4.39 Å². The lowest BCUT2D eigenvalue weighted by Gasteiger charge is -2.14. The van der Waals surface area contributed by atoms with Gasteiger partial charge in [0.25, 0.3) is 0 Å². The van der Waals surface area contributed by atoms with Crippen molar-refractivity contribution in [2.45, 2.75) is 19.5 Å². The summed E-state index contributed by atoms with van der Waals surface area (Å²) in [4.78, 5) is 0. The van der Waals surface area contributed by atoms with Crippen LogP contribution in [0.25, 0.3) is 0 Å². The van der Waals surface area contributed by atoms with E-state index < -0.39 is 0 Å². The molecule has 0 aliphatic heterocycles. The summed E-state index contributed by atoms with van der Waals surface area (Å²) < 4.78 is 13.3. The Morgan fingerprint density at radius 3 is 2.80 bits per heavy atom. The summed E-state index contributed by atoms with van der Waals surface area (Å²) in [5.74, 6) is -0.258. The van der Waals surface area contributed by atoms with Crippen molar-refractivity contribution in [3.63, 3.8) is 0 Å². The van der Waals surface area contributed by atoms with Crippen molar-refractivity contribution in [1.29, 1.82) is 0 Å². The molecule has 0 radical (unpaired) electrons. The van der Waals surface area contributed by atoms with Crippen LogP contribution in [0.1, 0.15) is 12.5 Å². The van der Waals surface area contributed by atoms with Crippen LogP contribution in [0.2, 0.25) is 5.02 Å². The highest BCUT2D eigenvalue weighted by molar-refractivity contribution is 6.31. The molecule has 0 saturated heterocycles. The first-order valence-corrected chi connectivity index (χ1v) is 5.33. The minimum atomic E-state index is -0.258. The predicted molar refractivity (Wildman–Crippen MR) is 61.6 cm³/mol. The molecule has 0 fully saturated rings. The predicted octanol–water partition coefficient (Wildman–Crippen LogP) is 2.18. The SMILES string of the molecule is CNCC(C)NCc1c(F)cccc1Cl. The third-order valence-corrected chi connectivity index (χ3v) is 2.55. The maximum atomic E-state index is 13.3. The maximum Gasteiger partial charge on any atom is 0.129 e. The van der Waals surface area contributed by atoms with Crippen LogP contribution < -0.4 is 10.6 Å². The first-order valence-electron chi connectivity index (χ1n) is 4.96. The van der Waals surface area contributed by atoms with Crippen LogP contribution in [0.4, 0.5) is 4.39 Å². The number of benzene rings is 1. The van der Waals surface area contributed by atoms with Crippen LogP contribution in [-0.4, -0.2) is 19.6 Å². The Balaban J connectivity index is 2.57. The molecule has 1 aromatic carbocycles. The highest BCUT2D eigenvalue weighted by atomic mass is 35.5. The summed E-state index contributed by atoms with van der Waals surface area (Å²) >= 11 is 5.89. The molecule has 1 unspecified atom stereocenters. The van der Waals surface area contributed by atoms with Gasteiger partial charge in [-0.1, -0.05) is 17.7 Å². The zero-order chi connectivity index (χ0) is 11.3. The average molecular weight is 231 g/mol. The molecule has 0 heterocycles. The van der Waals surface area contributed by atoms with Gasteiger partial charge in [0.05, 0.1) is 0 Å². The summed E-state index contributed by atoms with van der Waals surface area (Å²) in [6.45, 7) is 3.33. The molecule has 0 saturated carbocycles. The Labute approximate surface area is 94.8 Å². The van der Waals surface area contributed by atoms with E-state index in [2.05, 4.69) is 10.6 Å². The highest BCUT2D eigenvalue weighted by Gasteiger charge is 2.07. The van der Waals surface area contributed by atoms with Crippen LogP contribution in [0, 0.1) is 5.82 Å². The molecular weight excluding hydrogens is 215 g/mol. The first-order chi connectivity index (χ1) is 7.15. The second-order valence-electron chi connectivity index (χ2n) is 3.54. The molecule has 84 valence electrons. The zero-order valence-corrected chi connectivity index (χ0v) is 9.74. The van der Waals surface area contributed by atoms with Gasteiger partial charge in [-0.05, 0) is 26.1 Å². The fraction of sp³-hybridized carbons (Fsp3) is 0.455. The number of hydrogen-bond donors (Lipinski definition) is 2. The van der Waals surface area contributed by atoms with Gasteiger partial charge in [0.1, 0.15) is 5.82 Å². The van der Waals surface area contributed by atoms with Crippen molar-refractivity contribution < 1.29 is 4.39 Å². The Bertz CT molecular complexity index is 297. The van der Waals surface area contributed by atoms with Crippen molar-refractivity contribution in [3.05, 3.63) is 34.6 Å². The molecule has 0 spiro atoms. The zero-order valence-electron chi connectivity index (χ0n) is 8.98. The van der Waals surface area contributed by atoms with Crippen molar-refractivity contribution in [3.8, 4) is 0 Å². The average Bonchev–Trinajstić information content (AvgIpc) is 2.17. The third kappa shape index (κ3) is 3.78. The number of hydrogen-bond acceptors (Lipinski definition) is 2. The van der Waals surface area contributed by atoms with Crippen LogP contribution in [-0.2, 0) is 6.54 Å². The second kappa shape index (κ2) is 6.05. The summed E-state index contributed by atoms with van der Waals surface area (Å²) in [7, 11) is 1.88. The van der Waals surface area contributed by atoms with Crippen LogP contribution in [0.3, 0.4) is 0 Å². The largest absolute Gasteiger partial charge is 0.318 e. The molecular formula is C11H16ClFN2. The minimum absolute atomic E-state index is 0.258. The number of nitrogens with one attached hydrogen (secondary N) is 2. The standard InChI is InChI=1S/C11H16ClFN2/c1-8(6-14-2)15-7-9-10(12)4-3-5-11(9)13/h3-5,8,14-15H,6-7H2,1-2H3. The third-order valence-electron chi connectivity index (χ3n) is 2.20. The van der Waals surface area contributed by atoms with E-state index in [-0.39, 0.29) is 11.9 Å². The Morgan fingerprint density at radius 2 is 2.20 bits per heavy atom. The molecule has 2 nitrogen and oxygen atoms in total. The Kier molecular flexibility index (Phi) is 5.02. The van der Waals surface area contributed by atoms with E-state index in [9.17, 15) is 4.39 Å². The molecule has 0 amide bonds. The topological polar surface area (TPSA) is 24.1 Å². The van der Waals surface area contributed by atoms with Gasteiger partial charge in [-0.2, -0.15) is 0 Å². The summed E-state index contributed by atoms with van der Waals surface area (Å²) in [6.07, 6.45) is 0. The smallest absolute Gasteiger partial charge is 0.129 e. The Morgan fingerprint density at radius 1 is 1.47 bits per heavy atom. The lowest BCUT2D eigenvalue weighted by molar-refractivity contribution is 0.509. The molecule has 0 aliphatic rings. The van der Waals surface area contributed by atoms with E-state index in [1.807, 2.05) is 14.0 Å². The first kappa shape index (κ1) is 12.4. The summed E-state index contributed by atoms with van der Waals surface area (Å²) in [5.41, 5.74) is 0.530. The van der Waals surface area contributed by atoms with Crippen LogP contribution in [0.15, 0.2) is 18.2 Å². The van der Waals surface area contributed by atoms with Gasteiger partial charge in [0.2, 0.25) is 0 Å². The summed E-state index contributed by atoms with van der Waals surface area (Å²) in [5, 5.41) is 6.71. The van der Waals surface area contributed by atoms with E-state index in [0.29, 0.717) is 17.1 Å². The van der Waals surface area contributed by atoms with Crippen LogP contribution in [0.5, 0.6) is 0 Å².